The smallest absolute Gasteiger partial charge is 0.242 e. The Labute approximate surface area is 96.3 Å². The molecule has 1 amide bonds. The van der Waals surface area contributed by atoms with E-state index in [1.54, 1.807) is 6.20 Å². The highest BCUT2D eigenvalue weighted by molar-refractivity contribution is 5.94. The van der Waals surface area contributed by atoms with Gasteiger partial charge in [0, 0.05) is 6.20 Å². The lowest BCUT2D eigenvalue weighted by atomic mass is 9.87. The third kappa shape index (κ3) is 3.03. The summed E-state index contributed by atoms with van der Waals surface area (Å²) in [5.41, 5.74) is 6.52. The summed E-state index contributed by atoms with van der Waals surface area (Å²) in [6.07, 6.45) is 1.64. The lowest BCUT2D eigenvalue weighted by molar-refractivity contribution is -0.119. The van der Waals surface area contributed by atoms with Crippen molar-refractivity contribution in [1.29, 1.82) is 0 Å². The van der Waals surface area contributed by atoms with Crippen LogP contribution in [0.25, 0.3) is 0 Å². The molecule has 88 valence electrons. The van der Waals surface area contributed by atoms with Crippen molar-refractivity contribution in [3.63, 3.8) is 0 Å². The summed E-state index contributed by atoms with van der Waals surface area (Å²) in [4.78, 5) is 15.9. The number of rotatable bonds is 2. The van der Waals surface area contributed by atoms with Crippen LogP contribution in [-0.4, -0.2) is 16.9 Å². The molecule has 0 radical (unpaired) electrons. The Morgan fingerprint density at radius 1 is 1.50 bits per heavy atom. The summed E-state index contributed by atoms with van der Waals surface area (Å²) in [5, 5.41) is 2.74. The molecular weight excluding hydrogens is 202 g/mol. The van der Waals surface area contributed by atoms with Crippen molar-refractivity contribution >= 4 is 11.7 Å². The summed E-state index contributed by atoms with van der Waals surface area (Å²) in [5.74, 6) is 0.376. The van der Waals surface area contributed by atoms with E-state index < -0.39 is 6.04 Å². The van der Waals surface area contributed by atoms with Crippen LogP contribution in [-0.2, 0) is 4.79 Å². The molecule has 0 unspecified atom stereocenters. The van der Waals surface area contributed by atoms with Crippen molar-refractivity contribution in [3.05, 3.63) is 23.9 Å². The minimum atomic E-state index is -0.547. The van der Waals surface area contributed by atoms with Crippen molar-refractivity contribution in [3.8, 4) is 0 Å². The van der Waals surface area contributed by atoms with Crippen molar-refractivity contribution in [2.24, 2.45) is 11.1 Å². The fourth-order valence-electron chi connectivity index (χ4n) is 1.20. The van der Waals surface area contributed by atoms with Gasteiger partial charge in [0.25, 0.3) is 0 Å². The Kier molecular flexibility index (Phi) is 3.65. The molecule has 0 saturated heterocycles. The van der Waals surface area contributed by atoms with Crippen LogP contribution in [0.15, 0.2) is 18.3 Å². The molecule has 1 atom stereocenters. The molecule has 4 heteroatoms. The number of carbonyl (C=O) groups is 1. The third-order valence-corrected chi connectivity index (χ3v) is 2.47. The van der Waals surface area contributed by atoms with Crippen LogP contribution in [0.3, 0.4) is 0 Å². The van der Waals surface area contributed by atoms with Crippen LogP contribution in [0.4, 0.5) is 5.82 Å². The van der Waals surface area contributed by atoms with Gasteiger partial charge in [-0.1, -0.05) is 26.8 Å². The van der Waals surface area contributed by atoms with Crippen molar-refractivity contribution < 1.29 is 4.79 Å². The fraction of sp³-hybridized carbons (Fsp3) is 0.500. The second kappa shape index (κ2) is 4.61. The molecule has 0 aliphatic heterocycles. The van der Waals surface area contributed by atoms with Gasteiger partial charge >= 0.3 is 0 Å². The molecule has 0 bridgehead atoms. The summed E-state index contributed by atoms with van der Waals surface area (Å²) in [7, 11) is 0. The van der Waals surface area contributed by atoms with E-state index in [1.165, 1.54) is 0 Å². The minimum absolute atomic E-state index is 0.200. The van der Waals surface area contributed by atoms with Gasteiger partial charge in [0.15, 0.2) is 0 Å². The van der Waals surface area contributed by atoms with E-state index in [0.717, 1.165) is 5.56 Å². The lowest BCUT2D eigenvalue weighted by Crippen LogP contribution is -2.45. The number of aromatic nitrogens is 1. The first kappa shape index (κ1) is 12.6. The number of amides is 1. The molecule has 0 aliphatic rings. The molecular formula is C12H19N3O. The standard InChI is InChI=1S/C12H19N3O/c1-8-6-5-7-14-10(8)15-11(16)9(13)12(2,3)4/h5-7,9H,13H2,1-4H3,(H,14,15,16)/t9-/m0/s1. The molecule has 0 spiro atoms. The molecule has 1 aromatic heterocycles. The number of hydrogen-bond acceptors (Lipinski definition) is 3. The van der Waals surface area contributed by atoms with Gasteiger partial charge in [-0.05, 0) is 24.0 Å². The average Bonchev–Trinajstić information content (AvgIpc) is 2.19. The van der Waals surface area contributed by atoms with Crippen LogP contribution < -0.4 is 11.1 Å². The van der Waals surface area contributed by atoms with Crippen LogP contribution >= 0.6 is 0 Å². The highest BCUT2D eigenvalue weighted by Crippen LogP contribution is 2.19. The van der Waals surface area contributed by atoms with E-state index in [9.17, 15) is 4.79 Å². The second-order valence-corrected chi connectivity index (χ2v) is 5.00. The Morgan fingerprint density at radius 2 is 2.12 bits per heavy atom. The quantitative estimate of drug-likeness (QED) is 0.798. The average molecular weight is 221 g/mol. The largest absolute Gasteiger partial charge is 0.319 e. The molecule has 4 nitrogen and oxygen atoms in total. The van der Waals surface area contributed by atoms with Gasteiger partial charge in [0.2, 0.25) is 5.91 Å². The molecule has 1 heterocycles. The number of nitrogens with two attached hydrogens (primary N) is 1. The predicted molar refractivity (Wildman–Crippen MR) is 65.0 cm³/mol. The summed E-state index contributed by atoms with van der Waals surface area (Å²) >= 11 is 0. The van der Waals surface area contributed by atoms with Crippen LogP contribution in [0, 0.1) is 12.3 Å². The normalized spacial score (nSPS) is 13.3. The van der Waals surface area contributed by atoms with E-state index in [1.807, 2.05) is 39.8 Å². The number of nitrogens with zero attached hydrogens (tertiary/aromatic N) is 1. The highest BCUT2D eigenvalue weighted by atomic mass is 16.2. The second-order valence-electron chi connectivity index (χ2n) is 5.00. The zero-order valence-corrected chi connectivity index (χ0v) is 10.2. The Bertz CT molecular complexity index is 382. The van der Waals surface area contributed by atoms with Crippen molar-refractivity contribution in [2.45, 2.75) is 33.7 Å². The Hall–Kier alpha value is -1.42. The van der Waals surface area contributed by atoms with Crippen LogP contribution in [0.2, 0.25) is 0 Å². The predicted octanol–water partition coefficient (Wildman–Crippen LogP) is 1.70. The van der Waals surface area contributed by atoms with Gasteiger partial charge < -0.3 is 11.1 Å². The fourth-order valence-corrected chi connectivity index (χ4v) is 1.20. The SMILES string of the molecule is Cc1cccnc1NC(=O)[C@H](N)C(C)(C)C. The number of anilines is 1. The topological polar surface area (TPSA) is 68.0 Å². The maximum atomic E-state index is 11.8. The summed E-state index contributed by atoms with van der Waals surface area (Å²) in [6, 6.07) is 3.17. The van der Waals surface area contributed by atoms with Gasteiger partial charge in [-0.2, -0.15) is 0 Å². The molecule has 1 rings (SSSR count). The van der Waals surface area contributed by atoms with E-state index >= 15 is 0 Å². The zero-order valence-electron chi connectivity index (χ0n) is 10.2. The number of carbonyl (C=O) groups excluding carboxylic acids is 1. The Balaban J connectivity index is 2.76. The molecule has 3 N–H and O–H groups in total. The van der Waals surface area contributed by atoms with E-state index in [2.05, 4.69) is 10.3 Å². The maximum absolute atomic E-state index is 11.8. The number of nitrogens with one attached hydrogen (secondary N) is 1. The van der Waals surface area contributed by atoms with E-state index in [-0.39, 0.29) is 11.3 Å². The molecule has 0 fully saturated rings. The highest BCUT2D eigenvalue weighted by Gasteiger charge is 2.27. The first-order valence-corrected chi connectivity index (χ1v) is 5.30. The van der Waals surface area contributed by atoms with Gasteiger partial charge in [-0.25, -0.2) is 4.98 Å². The Morgan fingerprint density at radius 3 is 2.62 bits per heavy atom. The summed E-state index contributed by atoms with van der Waals surface area (Å²) in [6.45, 7) is 7.69. The van der Waals surface area contributed by atoms with E-state index in [0.29, 0.717) is 5.82 Å². The van der Waals surface area contributed by atoms with Gasteiger partial charge in [0.1, 0.15) is 5.82 Å². The minimum Gasteiger partial charge on any atom is -0.319 e. The number of pyridine rings is 1. The molecule has 16 heavy (non-hydrogen) atoms. The molecule has 0 saturated carbocycles. The molecule has 0 aliphatic carbocycles. The first-order chi connectivity index (χ1) is 7.32. The maximum Gasteiger partial charge on any atom is 0.242 e. The van der Waals surface area contributed by atoms with Crippen LogP contribution in [0.1, 0.15) is 26.3 Å². The molecule has 0 aromatic carbocycles. The van der Waals surface area contributed by atoms with Gasteiger partial charge in [-0.3, -0.25) is 4.79 Å². The summed E-state index contributed by atoms with van der Waals surface area (Å²) < 4.78 is 0. The van der Waals surface area contributed by atoms with Crippen molar-refractivity contribution in [1.82, 2.24) is 4.98 Å². The monoisotopic (exact) mass is 221 g/mol. The molecule has 1 aromatic rings. The van der Waals surface area contributed by atoms with Gasteiger partial charge in [-0.15, -0.1) is 0 Å². The van der Waals surface area contributed by atoms with Crippen LogP contribution in [0.5, 0.6) is 0 Å². The lowest BCUT2D eigenvalue weighted by Gasteiger charge is -2.25. The number of aryl methyl sites for hydroxylation is 1. The van der Waals surface area contributed by atoms with Gasteiger partial charge in [0.05, 0.1) is 6.04 Å². The first-order valence-electron chi connectivity index (χ1n) is 5.30. The zero-order chi connectivity index (χ0) is 12.3. The van der Waals surface area contributed by atoms with Crippen molar-refractivity contribution in [2.75, 3.05) is 5.32 Å². The van der Waals surface area contributed by atoms with E-state index in [4.69, 9.17) is 5.73 Å². The number of hydrogen-bond donors (Lipinski definition) is 2. The third-order valence-electron chi connectivity index (χ3n) is 2.47.